The van der Waals surface area contributed by atoms with Crippen molar-refractivity contribution in [3.63, 3.8) is 0 Å². The maximum Gasteiger partial charge on any atom is 0.257 e. The van der Waals surface area contributed by atoms with E-state index in [1.54, 1.807) is 36.4 Å². The van der Waals surface area contributed by atoms with Crippen LogP contribution in [0.15, 0.2) is 91.0 Å². The largest absolute Gasteiger partial charge is 0.332 e. The van der Waals surface area contributed by atoms with Gasteiger partial charge in [-0.05, 0) is 71.9 Å². The van der Waals surface area contributed by atoms with Gasteiger partial charge in [-0.1, -0.05) is 54.6 Å². The number of aryl methyl sites for hydroxylation is 1. The molecule has 0 heterocycles. The van der Waals surface area contributed by atoms with Crippen molar-refractivity contribution in [2.45, 2.75) is 6.92 Å². The van der Waals surface area contributed by atoms with Crippen LogP contribution in [0.1, 0.15) is 26.3 Å². The maximum atomic E-state index is 12.6. The summed E-state index contributed by atoms with van der Waals surface area (Å²) in [6, 6.07) is 27.9. The van der Waals surface area contributed by atoms with Gasteiger partial charge in [-0.25, -0.2) is 0 Å². The SMILES string of the molecule is Cc1ccccc1C(=O)Nc1cccc(NC(=S)NC(=O)c2ccc3ccccc3c2)c1. The fourth-order valence-corrected chi connectivity index (χ4v) is 3.58. The van der Waals surface area contributed by atoms with Gasteiger partial charge < -0.3 is 10.6 Å². The minimum Gasteiger partial charge on any atom is -0.332 e. The lowest BCUT2D eigenvalue weighted by Crippen LogP contribution is -2.34. The number of rotatable bonds is 4. The molecule has 0 spiro atoms. The number of carbonyl (C=O) groups excluding carboxylic acids is 2. The Morgan fingerprint density at radius 1 is 0.688 bits per heavy atom. The molecule has 2 amide bonds. The number of thiocarbonyl (C=S) groups is 1. The number of amides is 2. The van der Waals surface area contributed by atoms with E-state index in [-0.39, 0.29) is 16.9 Å². The van der Waals surface area contributed by atoms with Gasteiger partial charge in [0.1, 0.15) is 0 Å². The zero-order valence-electron chi connectivity index (χ0n) is 17.4. The first-order chi connectivity index (χ1) is 15.5. The fraction of sp³-hybridized carbons (Fsp3) is 0.0385. The number of hydrogen-bond donors (Lipinski definition) is 3. The molecule has 0 aliphatic carbocycles. The molecule has 4 rings (SSSR count). The van der Waals surface area contributed by atoms with E-state index in [4.69, 9.17) is 12.2 Å². The molecular weight excluding hydrogens is 418 g/mol. The Kier molecular flexibility index (Phi) is 6.24. The number of anilines is 2. The summed E-state index contributed by atoms with van der Waals surface area (Å²) >= 11 is 5.30. The minimum absolute atomic E-state index is 0.172. The van der Waals surface area contributed by atoms with Gasteiger partial charge in [0.2, 0.25) is 0 Å². The highest BCUT2D eigenvalue weighted by Gasteiger charge is 2.11. The molecule has 5 nitrogen and oxygen atoms in total. The van der Waals surface area contributed by atoms with Gasteiger partial charge in [0, 0.05) is 22.5 Å². The van der Waals surface area contributed by atoms with Crippen LogP contribution in [0.3, 0.4) is 0 Å². The van der Waals surface area contributed by atoms with Gasteiger partial charge in [-0.2, -0.15) is 0 Å². The van der Waals surface area contributed by atoms with Crippen LogP contribution < -0.4 is 16.0 Å². The Morgan fingerprint density at radius 2 is 1.38 bits per heavy atom. The Labute approximate surface area is 191 Å². The van der Waals surface area contributed by atoms with Gasteiger partial charge in [0.05, 0.1) is 0 Å². The summed E-state index contributed by atoms with van der Waals surface area (Å²) in [7, 11) is 0. The van der Waals surface area contributed by atoms with Crippen molar-refractivity contribution in [2.75, 3.05) is 10.6 Å². The quantitative estimate of drug-likeness (QED) is 0.366. The van der Waals surface area contributed by atoms with Gasteiger partial charge >= 0.3 is 0 Å². The fourth-order valence-electron chi connectivity index (χ4n) is 3.37. The predicted octanol–water partition coefficient (Wildman–Crippen LogP) is 5.53. The predicted molar refractivity (Wildman–Crippen MR) is 133 cm³/mol. The summed E-state index contributed by atoms with van der Waals surface area (Å²) in [6.45, 7) is 1.89. The van der Waals surface area contributed by atoms with Crippen molar-refractivity contribution in [3.8, 4) is 0 Å². The first-order valence-corrected chi connectivity index (χ1v) is 10.5. The average molecular weight is 440 g/mol. The topological polar surface area (TPSA) is 70.2 Å². The molecule has 0 bridgehead atoms. The second-order valence-electron chi connectivity index (χ2n) is 7.32. The van der Waals surface area contributed by atoms with Crippen LogP contribution in [-0.4, -0.2) is 16.9 Å². The molecule has 4 aromatic rings. The molecule has 158 valence electrons. The summed E-state index contributed by atoms with van der Waals surface area (Å²) in [5, 5.41) is 10.8. The lowest BCUT2D eigenvalue weighted by molar-refractivity contribution is 0.0976. The highest BCUT2D eigenvalue weighted by Crippen LogP contribution is 2.18. The van der Waals surface area contributed by atoms with Crippen LogP contribution in [-0.2, 0) is 0 Å². The van der Waals surface area contributed by atoms with Crippen molar-refractivity contribution in [3.05, 3.63) is 108 Å². The molecule has 32 heavy (non-hydrogen) atoms. The molecule has 6 heteroatoms. The normalized spacial score (nSPS) is 10.4. The molecule has 0 aromatic heterocycles. The van der Waals surface area contributed by atoms with Gasteiger partial charge in [0.15, 0.2) is 5.11 Å². The minimum atomic E-state index is -0.294. The van der Waals surface area contributed by atoms with Gasteiger partial charge in [-0.3, -0.25) is 14.9 Å². The smallest absolute Gasteiger partial charge is 0.257 e. The van der Waals surface area contributed by atoms with Crippen molar-refractivity contribution in [2.24, 2.45) is 0 Å². The van der Waals surface area contributed by atoms with Crippen LogP contribution in [0.2, 0.25) is 0 Å². The van der Waals surface area contributed by atoms with E-state index >= 15 is 0 Å². The molecule has 0 fully saturated rings. The Hall–Kier alpha value is -4.03. The van der Waals surface area contributed by atoms with Crippen LogP contribution in [0.5, 0.6) is 0 Å². The molecular formula is C26H21N3O2S. The van der Waals surface area contributed by atoms with E-state index < -0.39 is 0 Å². The molecule has 0 radical (unpaired) electrons. The molecule has 0 aliphatic rings. The zero-order valence-corrected chi connectivity index (χ0v) is 18.2. The highest BCUT2D eigenvalue weighted by molar-refractivity contribution is 7.80. The first-order valence-electron chi connectivity index (χ1n) is 10.1. The molecule has 3 N–H and O–H groups in total. The number of benzene rings is 4. The van der Waals surface area contributed by atoms with Gasteiger partial charge in [0.25, 0.3) is 11.8 Å². The van der Waals surface area contributed by atoms with E-state index in [1.807, 2.05) is 61.5 Å². The Morgan fingerprint density at radius 3 is 2.16 bits per heavy atom. The maximum absolute atomic E-state index is 12.6. The lowest BCUT2D eigenvalue weighted by atomic mass is 10.1. The average Bonchev–Trinajstić information content (AvgIpc) is 2.79. The van der Waals surface area contributed by atoms with E-state index in [0.717, 1.165) is 16.3 Å². The molecule has 4 aromatic carbocycles. The second-order valence-corrected chi connectivity index (χ2v) is 7.73. The Bertz CT molecular complexity index is 1330. The lowest BCUT2D eigenvalue weighted by Gasteiger charge is -2.12. The summed E-state index contributed by atoms with van der Waals surface area (Å²) < 4.78 is 0. The first kappa shape index (κ1) is 21.2. The van der Waals surface area contributed by atoms with Crippen molar-refractivity contribution in [1.82, 2.24) is 5.32 Å². The third-order valence-corrected chi connectivity index (χ3v) is 5.21. The van der Waals surface area contributed by atoms with E-state index in [2.05, 4.69) is 16.0 Å². The molecule has 0 atom stereocenters. The third-order valence-electron chi connectivity index (χ3n) is 5.01. The highest BCUT2D eigenvalue weighted by atomic mass is 32.1. The summed E-state index contributed by atoms with van der Waals surface area (Å²) in [5.41, 5.74) is 3.30. The van der Waals surface area contributed by atoms with Crippen LogP contribution in [0.25, 0.3) is 10.8 Å². The molecule has 0 unspecified atom stereocenters. The number of hydrogen-bond acceptors (Lipinski definition) is 3. The summed E-state index contributed by atoms with van der Waals surface area (Å²) in [5.74, 6) is -0.482. The van der Waals surface area contributed by atoms with Crippen molar-refractivity contribution < 1.29 is 9.59 Å². The van der Waals surface area contributed by atoms with Crippen LogP contribution in [0, 0.1) is 6.92 Å². The summed E-state index contributed by atoms with van der Waals surface area (Å²) in [6.07, 6.45) is 0. The van der Waals surface area contributed by atoms with Crippen molar-refractivity contribution in [1.29, 1.82) is 0 Å². The van der Waals surface area contributed by atoms with Crippen LogP contribution in [0.4, 0.5) is 11.4 Å². The molecule has 0 saturated heterocycles. The van der Waals surface area contributed by atoms with E-state index in [0.29, 0.717) is 22.5 Å². The monoisotopic (exact) mass is 439 g/mol. The van der Waals surface area contributed by atoms with E-state index in [1.165, 1.54) is 0 Å². The molecule has 0 saturated carbocycles. The number of nitrogens with one attached hydrogen (secondary N) is 3. The van der Waals surface area contributed by atoms with Gasteiger partial charge in [-0.15, -0.1) is 0 Å². The second kappa shape index (κ2) is 9.41. The third kappa shape index (κ3) is 4.99. The number of fused-ring (bicyclic) bond motifs is 1. The Balaban J connectivity index is 1.40. The standard InChI is InChI=1S/C26H21N3O2S/c1-17-7-2-5-12-23(17)25(31)27-21-10-6-11-22(16-21)28-26(32)29-24(30)20-14-13-18-8-3-4-9-19(18)15-20/h2-16H,1H3,(H,27,31)(H2,28,29,30,32). The van der Waals surface area contributed by atoms with E-state index in [9.17, 15) is 9.59 Å². The molecule has 0 aliphatic heterocycles. The summed E-state index contributed by atoms with van der Waals surface area (Å²) in [4.78, 5) is 25.1. The number of carbonyl (C=O) groups is 2. The zero-order chi connectivity index (χ0) is 22.5. The van der Waals surface area contributed by atoms with Crippen LogP contribution >= 0.6 is 12.2 Å². The van der Waals surface area contributed by atoms with Crippen molar-refractivity contribution >= 4 is 51.3 Å².